The normalized spacial score (nSPS) is 17.2. The summed E-state index contributed by atoms with van der Waals surface area (Å²) < 4.78 is 52.6. The van der Waals surface area contributed by atoms with E-state index in [-0.39, 0.29) is 42.2 Å². The second-order valence-corrected chi connectivity index (χ2v) is 9.69. The summed E-state index contributed by atoms with van der Waals surface area (Å²) in [5.74, 6) is -0.985. The van der Waals surface area contributed by atoms with Crippen molar-refractivity contribution >= 4 is 27.3 Å². The molecule has 0 atom stereocenters. The zero-order valence-corrected chi connectivity index (χ0v) is 18.3. The van der Waals surface area contributed by atoms with Crippen LogP contribution in [0.15, 0.2) is 41.3 Å². The van der Waals surface area contributed by atoms with Gasteiger partial charge in [0.15, 0.2) is 11.5 Å². The predicted molar refractivity (Wildman–Crippen MR) is 115 cm³/mol. The SMILES string of the molecule is O=C(Nc1cc([N+](=O)[O-])ccc1F)C1CCN(S(=O)(=O)c2ccc3c(c2)OCCCO3)CC1. The van der Waals surface area contributed by atoms with Gasteiger partial charge in [0.2, 0.25) is 15.9 Å². The molecule has 0 spiro atoms. The van der Waals surface area contributed by atoms with Crippen molar-refractivity contribution in [3.63, 3.8) is 0 Å². The number of piperidine rings is 1. The first-order valence-corrected chi connectivity index (χ1v) is 11.8. The second kappa shape index (κ2) is 9.32. The van der Waals surface area contributed by atoms with Crippen LogP contribution in [-0.4, -0.2) is 49.9 Å². The molecule has 176 valence electrons. The molecule has 10 nitrogen and oxygen atoms in total. The van der Waals surface area contributed by atoms with Crippen molar-refractivity contribution in [2.24, 2.45) is 5.92 Å². The van der Waals surface area contributed by atoms with Crippen LogP contribution in [0.25, 0.3) is 0 Å². The number of nitro groups is 1. The molecule has 2 aliphatic heterocycles. The molecule has 0 aliphatic carbocycles. The maximum Gasteiger partial charge on any atom is 0.271 e. The Kier molecular flexibility index (Phi) is 6.47. The second-order valence-electron chi connectivity index (χ2n) is 7.75. The number of non-ortho nitro benzene ring substituents is 1. The first-order chi connectivity index (χ1) is 15.8. The molecule has 1 fully saturated rings. The maximum atomic E-state index is 14.0. The van der Waals surface area contributed by atoms with E-state index in [1.807, 2.05) is 0 Å². The van der Waals surface area contributed by atoms with Crippen molar-refractivity contribution in [3.8, 4) is 11.5 Å². The van der Waals surface area contributed by atoms with E-state index in [1.54, 1.807) is 6.07 Å². The van der Waals surface area contributed by atoms with Gasteiger partial charge < -0.3 is 14.8 Å². The van der Waals surface area contributed by atoms with Crippen LogP contribution in [0.3, 0.4) is 0 Å². The molecule has 1 N–H and O–H groups in total. The number of nitro benzene ring substituents is 1. The van der Waals surface area contributed by atoms with Gasteiger partial charge in [0.25, 0.3) is 5.69 Å². The number of benzene rings is 2. The monoisotopic (exact) mass is 479 g/mol. The fourth-order valence-corrected chi connectivity index (χ4v) is 5.25. The van der Waals surface area contributed by atoms with E-state index < -0.39 is 32.6 Å². The molecule has 2 heterocycles. The number of ether oxygens (including phenoxy) is 2. The van der Waals surface area contributed by atoms with Gasteiger partial charge in [-0.25, -0.2) is 12.8 Å². The number of carbonyl (C=O) groups excluding carboxylic acids is 1. The molecular formula is C21H22FN3O7S. The van der Waals surface area contributed by atoms with E-state index in [0.29, 0.717) is 31.1 Å². The molecule has 33 heavy (non-hydrogen) atoms. The molecule has 1 amide bonds. The number of hydrogen-bond donors (Lipinski definition) is 1. The lowest BCUT2D eigenvalue weighted by atomic mass is 9.97. The quantitative estimate of drug-likeness (QED) is 0.516. The number of fused-ring (bicyclic) bond motifs is 1. The highest BCUT2D eigenvalue weighted by Crippen LogP contribution is 2.34. The van der Waals surface area contributed by atoms with Crippen molar-refractivity contribution in [3.05, 3.63) is 52.3 Å². The number of anilines is 1. The number of carbonyl (C=O) groups is 1. The number of nitrogens with zero attached hydrogens (tertiary/aromatic N) is 2. The van der Waals surface area contributed by atoms with Crippen LogP contribution in [0.1, 0.15) is 19.3 Å². The molecule has 0 saturated carbocycles. The van der Waals surface area contributed by atoms with Crippen molar-refractivity contribution in [2.45, 2.75) is 24.2 Å². The van der Waals surface area contributed by atoms with Gasteiger partial charge in [-0.1, -0.05) is 0 Å². The summed E-state index contributed by atoms with van der Waals surface area (Å²) in [6.45, 7) is 1.13. The van der Waals surface area contributed by atoms with Gasteiger partial charge in [0.1, 0.15) is 5.82 Å². The minimum atomic E-state index is -3.81. The molecular weight excluding hydrogens is 457 g/mol. The summed E-state index contributed by atoms with van der Waals surface area (Å²) in [4.78, 5) is 22.9. The third-order valence-corrected chi connectivity index (χ3v) is 7.49. The van der Waals surface area contributed by atoms with Gasteiger partial charge in [-0.05, 0) is 31.0 Å². The third-order valence-electron chi connectivity index (χ3n) is 5.60. The Morgan fingerprint density at radius 3 is 2.48 bits per heavy atom. The van der Waals surface area contributed by atoms with Crippen LogP contribution in [0.2, 0.25) is 0 Å². The van der Waals surface area contributed by atoms with Crippen LogP contribution in [0.5, 0.6) is 11.5 Å². The van der Waals surface area contributed by atoms with Crippen molar-refractivity contribution < 1.29 is 32.0 Å². The topological polar surface area (TPSA) is 128 Å². The summed E-state index contributed by atoms with van der Waals surface area (Å²) in [5, 5.41) is 13.3. The minimum Gasteiger partial charge on any atom is -0.490 e. The number of nitrogens with one attached hydrogen (secondary N) is 1. The van der Waals surface area contributed by atoms with Crippen molar-refractivity contribution in [1.82, 2.24) is 4.31 Å². The van der Waals surface area contributed by atoms with E-state index in [2.05, 4.69) is 5.32 Å². The Balaban J connectivity index is 1.41. The van der Waals surface area contributed by atoms with E-state index in [9.17, 15) is 27.7 Å². The number of halogens is 1. The number of rotatable bonds is 5. The van der Waals surface area contributed by atoms with Crippen LogP contribution in [-0.2, 0) is 14.8 Å². The standard InChI is InChI=1S/C21H22FN3O7S/c22-17-4-2-15(25(27)28)12-18(17)23-21(26)14-6-8-24(9-7-14)33(29,30)16-3-5-19-20(13-16)32-11-1-10-31-19/h2-5,12-14H,1,6-11H2,(H,23,26). The van der Waals surface area contributed by atoms with Crippen LogP contribution < -0.4 is 14.8 Å². The smallest absolute Gasteiger partial charge is 0.271 e. The van der Waals surface area contributed by atoms with E-state index in [1.165, 1.54) is 16.4 Å². The zero-order valence-electron chi connectivity index (χ0n) is 17.5. The first kappa shape index (κ1) is 22.9. The van der Waals surface area contributed by atoms with Crippen LogP contribution in [0, 0.1) is 21.8 Å². The number of amides is 1. The average molecular weight is 479 g/mol. The highest BCUT2D eigenvalue weighted by molar-refractivity contribution is 7.89. The Morgan fingerprint density at radius 1 is 1.09 bits per heavy atom. The number of hydrogen-bond acceptors (Lipinski definition) is 7. The summed E-state index contributed by atoms with van der Waals surface area (Å²) in [7, 11) is -3.81. The Labute approximate surface area is 189 Å². The summed E-state index contributed by atoms with van der Waals surface area (Å²) in [5.41, 5.74) is -0.626. The number of sulfonamides is 1. The van der Waals surface area contributed by atoms with Crippen LogP contribution >= 0.6 is 0 Å². The summed E-state index contributed by atoms with van der Waals surface area (Å²) >= 11 is 0. The molecule has 2 aliphatic rings. The fraction of sp³-hybridized carbons (Fsp3) is 0.381. The Bertz CT molecular complexity index is 1180. The lowest BCUT2D eigenvalue weighted by Gasteiger charge is -2.30. The van der Waals surface area contributed by atoms with Crippen LogP contribution in [0.4, 0.5) is 15.8 Å². The Hall–Kier alpha value is -3.25. The summed E-state index contributed by atoms with van der Waals surface area (Å²) in [6.07, 6.45) is 1.16. The van der Waals surface area contributed by atoms with Gasteiger partial charge in [-0.3, -0.25) is 14.9 Å². The predicted octanol–water partition coefficient (Wildman–Crippen LogP) is 2.93. The average Bonchev–Trinajstić information content (AvgIpc) is 3.05. The van der Waals surface area contributed by atoms with Crippen molar-refractivity contribution in [2.75, 3.05) is 31.6 Å². The molecule has 0 aromatic heterocycles. The summed E-state index contributed by atoms with van der Waals surface area (Å²) in [6, 6.07) is 7.36. The van der Waals surface area contributed by atoms with Crippen molar-refractivity contribution in [1.29, 1.82) is 0 Å². The maximum absolute atomic E-state index is 14.0. The molecule has 4 rings (SSSR count). The van der Waals surface area contributed by atoms with Gasteiger partial charge in [0, 0.05) is 43.6 Å². The minimum absolute atomic E-state index is 0.0771. The van der Waals surface area contributed by atoms with E-state index >= 15 is 0 Å². The molecule has 0 unspecified atom stereocenters. The van der Waals surface area contributed by atoms with E-state index in [0.717, 1.165) is 18.2 Å². The Morgan fingerprint density at radius 2 is 1.79 bits per heavy atom. The van der Waals surface area contributed by atoms with E-state index in [4.69, 9.17) is 9.47 Å². The van der Waals surface area contributed by atoms with Gasteiger partial charge >= 0.3 is 0 Å². The molecule has 0 radical (unpaired) electrons. The van der Waals surface area contributed by atoms with Gasteiger partial charge in [-0.2, -0.15) is 4.31 Å². The lowest BCUT2D eigenvalue weighted by Crippen LogP contribution is -2.41. The highest BCUT2D eigenvalue weighted by Gasteiger charge is 2.33. The molecule has 2 aromatic rings. The molecule has 2 aromatic carbocycles. The lowest BCUT2D eigenvalue weighted by molar-refractivity contribution is -0.384. The zero-order chi connectivity index (χ0) is 23.6. The van der Waals surface area contributed by atoms with Gasteiger partial charge in [0.05, 0.1) is 28.7 Å². The third kappa shape index (κ3) is 4.91. The largest absolute Gasteiger partial charge is 0.490 e. The molecule has 12 heteroatoms. The van der Waals surface area contributed by atoms with Gasteiger partial charge in [-0.15, -0.1) is 0 Å². The molecule has 1 saturated heterocycles. The highest BCUT2D eigenvalue weighted by atomic mass is 32.2. The fourth-order valence-electron chi connectivity index (χ4n) is 3.77. The molecule has 0 bridgehead atoms. The first-order valence-electron chi connectivity index (χ1n) is 10.4.